The van der Waals surface area contributed by atoms with Crippen LogP contribution in [0.25, 0.3) is 0 Å². The Labute approximate surface area is 145 Å². The molecular formula is C8H8BClCsF3. The van der Waals surface area contributed by atoms with Crippen molar-refractivity contribution in [1.82, 2.24) is 0 Å². The van der Waals surface area contributed by atoms with Crippen LogP contribution in [-0.2, 0) is 6.42 Å². The van der Waals surface area contributed by atoms with Gasteiger partial charge in [0.05, 0.1) is 0 Å². The van der Waals surface area contributed by atoms with Crippen LogP contribution in [0.3, 0.4) is 0 Å². The molecule has 0 spiro atoms. The summed E-state index contributed by atoms with van der Waals surface area (Å²) in [5.41, 5.74) is 0.613. The minimum atomic E-state index is -4.93. The Morgan fingerprint density at radius 2 is 1.64 bits per heavy atom. The van der Waals surface area contributed by atoms with E-state index in [0.29, 0.717) is 5.56 Å². The smallest absolute Gasteiger partial charge is 0.448 e. The summed E-state index contributed by atoms with van der Waals surface area (Å²) in [5.74, 6) is 0. The van der Waals surface area contributed by atoms with Gasteiger partial charge in [-0.3, -0.25) is 0 Å². The third-order valence-electron chi connectivity index (χ3n) is 1.68. The third-order valence-corrected chi connectivity index (χ3v) is 2.12. The molecule has 0 fully saturated rings. The first-order chi connectivity index (χ1) is 6.00. The quantitative estimate of drug-likeness (QED) is 0.546. The summed E-state index contributed by atoms with van der Waals surface area (Å²) < 4.78 is 36.2. The van der Waals surface area contributed by atoms with Crippen LogP contribution in [0.1, 0.15) is 5.56 Å². The number of benzene rings is 1. The van der Waals surface area contributed by atoms with Gasteiger partial charge in [-0.2, -0.15) is 11.6 Å². The average Bonchev–Trinajstić information content (AvgIpc) is 2.04. The first-order valence-corrected chi connectivity index (χ1v) is 4.32. The first-order valence-electron chi connectivity index (χ1n) is 3.88. The molecule has 0 aliphatic rings. The van der Waals surface area contributed by atoms with E-state index in [1.165, 1.54) is 0 Å². The predicted octanol–water partition coefficient (Wildman–Crippen LogP) is 0.227. The second-order valence-electron chi connectivity index (χ2n) is 2.83. The third kappa shape index (κ3) is 5.49. The maximum absolute atomic E-state index is 12.1. The molecule has 0 saturated carbocycles. The molecular weight excluding hydrogens is 332 g/mol. The number of hydrogen-bond donors (Lipinski definition) is 0. The monoisotopic (exact) mass is 340 g/mol. The molecule has 0 amide bonds. The predicted molar refractivity (Wildman–Crippen MR) is 48.9 cm³/mol. The Hall–Kier alpha value is 1.42. The minimum Gasteiger partial charge on any atom is -0.448 e. The molecule has 0 aromatic heterocycles. The summed E-state index contributed by atoms with van der Waals surface area (Å²) in [6.07, 6.45) is -0.147. The molecule has 0 aliphatic carbocycles. The number of halogens is 4. The van der Waals surface area contributed by atoms with Crippen LogP contribution in [0.2, 0.25) is 0 Å². The van der Waals surface area contributed by atoms with Crippen LogP contribution in [0.15, 0.2) is 30.3 Å². The van der Waals surface area contributed by atoms with Gasteiger partial charge in [-0.15, -0.1) is 0 Å². The summed E-state index contributed by atoms with van der Waals surface area (Å²) in [6.45, 7) is -4.93. The molecule has 0 unspecified atom stereocenters. The van der Waals surface area contributed by atoms with Crippen LogP contribution in [0, 0.1) is 0 Å². The Morgan fingerprint density at radius 1 is 1.14 bits per heavy atom. The van der Waals surface area contributed by atoms with E-state index in [1.807, 2.05) is 0 Å². The van der Waals surface area contributed by atoms with Gasteiger partial charge >= 0.3 is 75.9 Å². The molecule has 0 saturated heterocycles. The van der Waals surface area contributed by atoms with Crippen LogP contribution in [-0.4, -0.2) is 12.3 Å². The second kappa shape index (κ2) is 6.88. The van der Waals surface area contributed by atoms with E-state index >= 15 is 0 Å². The van der Waals surface area contributed by atoms with Gasteiger partial charge in [0.25, 0.3) is 0 Å². The van der Waals surface area contributed by atoms with Gasteiger partial charge in [0.15, 0.2) is 0 Å². The molecule has 14 heavy (non-hydrogen) atoms. The van der Waals surface area contributed by atoms with Gasteiger partial charge in [0.2, 0.25) is 0 Å². The molecule has 0 aliphatic heterocycles. The van der Waals surface area contributed by atoms with Gasteiger partial charge in [0, 0.05) is 5.28 Å². The zero-order valence-electron chi connectivity index (χ0n) is 7.76. The molecule has 0 heterocycles. The van der Waals surface area contributed by atoms with Gasteiger partial charge in [-0.25, -0.2) is 0 Å². The van der Waals surface area contributed by atoms with E-state index in [9.17, 15) is 12.9 Å². The normalized spacial score (nSPS) is 13.1. The summed E-state index contributed by atoms with van der Waals surface area (Å²) in [6, 6.07) is 8.42. The fourth-order valence-corrected chi connectivity index (χ4v) is 1.15. The van der Waals surface area contributed by atoms with Crippen molar-refractivity contribution in [2.24, 2.45) is 0 Å². The van der Waals surface area contributed by atoms with Crippen LogP contribution < -0.4 is 68.9 Å². The Kier molecular flexibility index (Phi) is 7.58. The van der Waals surface area contributed by atoms with Crippen molar-refractivity contribution in [1.29, 1.82) is 0 Å². The zero-order valence-corrected chi connectivity index (χ0v) is 14.8. The van der Waals surface area contributed by atoms with Gasteiger partial charge in [-0.05, 0) is 12.0 Å². The van der Waals surface area contributed by atoms with E-state index in [2.05, 4.69) is 0 Å². The second-order valence-corrected chi connectivity index (χ2v) is 3.39. The summed E-state index contributed by atoms with van der Waals surface area (Å²) >= 11 is 5.19. The van der Waals surface area contributed by atoms with Crippen molar-refractivity contribution in [2.45, 2.75) is 11.7 Å². The topological polar surface area (TPSA) is 0 Å². The Morgan fingerprint density at radius 3 is 2.07 bits per heavy atom. The largest absolute Gasteiger partial charge is 1.00 e. The van der Waals surface area contributed by atoms with Crippen molar-refractivity contribution in [3.05, 3.63) is 35.9 Å². The molecule has 0 radical (unpaired) electrons. The maximum Gasteiger partial charge on any atom is 1.00 e. The van der Waals surface area contributed by atoms with E-state index < -0.39 is 12.3 Å². The molecule has 72 valence electrons. The van der Waals surface area contributed by atoms with Crippen LogP contribution in [0.5, 0.6) is 0 Å². The minimum absolute atomic E-state index is 0. The van der Waals surface area contributed by atoms with Gasteiger partial charge in [0.1, 0.15) is 0 Å². The SMILES string of the molecule is F[B-](F)(F)[C@H](Cl)Cc1ccccc1.[Cs+]. The number of alkyl halides is 1. The molecule has 1 aromatic carbocycles. The van der Waals surface area contributed by atoms with Crippen molar-refractivity contribution < 1.29 is 81.8 Å². The molecule has 0 nitrogen and oxygen atoms in total. The molecule has 1 rings (SSSR count). The molecule has 1 aromatic rings. The van der Waals surface area contributed by atoms with E-state index in [0.717, 1.165) is 0 Å². The van der Waals surface area contributed by atoms with E-state index in [4.69, 9.17) is 11.6 Å². The van der Waals surface area contributed by atoms with E-state index in [1.54, 1.807) is 30.3 Å². The molecule has 0 N–H and O–H groups in total. The number of hydrogen-bond acceptors (Lipinski definition) is 0. The zero-order chi connectivity index (χ0) is 9.90. The fourth-order valence-electron chi connectivity index (χ4n) is 0.973. The summed E-state index contributed by atoms with van der Waals surface area (Å²) in [5, 5.41) is -1.73. The Balaban J connectivity index is 0.00000169. The van der Waals surface area contributed by atoms with Gasteiger partial charge < -0.3 is 12.9 Å². The molecule has 0 bridgehead atoms. The van der Waals surface area contributed by atoms with Crippen molar-refractivity contribution in [2.75, 3.05) is 0 Å². The standard InChI is InChI=1S/C8H8BClF3.Cs/c10-8(9(11,12)13)6-7-4-2-1-3-5-7;/h1-5,8H,6H2;/q-1;+1/t8-;/m1./s1. The average molecular weight is 340 g/mol. The first kappa shape index (κ1) is 15.4. The van der Waals surface area contributed by atoms with Crippen LogP contribution >= 0.6 is 11.6 Å². The Bertz CT molecular complexity index is 265. The van der Waals surface area contributed by atoms with Crippen molar-refractivity contribution in [3.8, 4) is 0 Å². The molecule has 6 heteroatoms. The summed E-state index contributed by atoms with van der Waals surface area (Å²) in [7, 11) is 0. The number of rotatable bonds is 3. The van der Waals surface area contributed by atoms with Crippen molar-refractivity contribution in [3.63, 3.8) is 0 Å². The summed E-state index contributed by atoms with van der Waals surface area (Å²) in [4.78, 5) is 0. The van der Waals surface area contributed by atoms with Crippen LogP contribution in [0.4, 0.5) is 12.9 Å². The fraction of sp³-hybridized carbons (Fsp3) is 0.250. The van der Waals surface area contributed by atoms with E-state index in [-0.39, 0.29) is 75.3 Å². The maximum atomic E-state index is 12.1. The molecule has 1 atom stereocenters. The van der Waals surface area contributed by atoms with Crippen molar-refractivity contribution >= 4 is 18.6 Å². The van der Waals surface area contributed by atoms with Gasteiger partial charge in [-0.1, -0.05) is 30.3 Å².